The summed E-state index contributed by atoms with van der Waals surface area (Å²) in [6.45, 7) is 1.94. The molecule has 29 heavy (non-hydrogen) atoms. The SMILES string of the molecule is Cc1cnn(-c2ccc(S(=O)(=O)N[C@H]3C[C@@H]3c3ccccc3)cn2)c1.O=C(O)O. The number of nitrogens with zero attached hydrogens (tertiary/aromatic N) is 3. The van der Waals surface area contributed by atoms with Gasteiger partial charge in [-0.2, -0.15) is 5.10 Å². The molecule has 0 aliphatic heterocycles. The molecule has 0 bridgehead atoms. The normalized spacial score (nSPS) is 17.8. The van der Waals surface area contributed by atoms with Crippen molar-refractivity contribution in [2.24, 2.45) is 0 Å². The predicted molar refractivity (Wildman–Crippen MR) is 105 cm³/mol. The Morgan fingerprint density at radius 2 is 1.83 bits per heavy atom. The van der Waals surface area contributed by atoms with Gasteiger partial charge in [0.05, 0.1) is 6.20 Å². The van der Waals surface area contributed by atoms with E-state index in [0.29, 0.717) is 5.82 Å². The summed E-state index contributed by atoms with van der Waals surface area (Å²) in [5, 5.41) is 18.1. The van der Waals surface area contributed by atoms with E-state index in [0.717, 1.165) is 17.5 Å². The van der Waals surface area contributed by atoms with Crippen LogP contribution in [0.15, 0.2) is 66.0 Å². The summed E-state index contributed by atoms with van der Waals surface area (Å²) in [5.74, 6) is 0.830. The quantitative estimate of drug-likeness (QED) is 0.582. The van der Waals surface area contributed by atoms with Gasteiger partial charge in [-0.15, -0.1) is 0 Å². The molecule has 10 heteroatoms. The van der Waals surface area contributed by atoms with Gasteiger partial charge >= 0.3 is 6.16 Å². The van der Waals surface area contributed by atoms with E-state index >= 15 is 0 Å². The van der Waals surface area contributed by atoms with Crippen LogP contribution >= 0.6 is 0 Å². The van der Waals surface area contributed by atoms with Crippen LogP contribution in [0.1, 0.15) is 23.5 Å². The van der Waals surface area contributed by atoms with Crippen molar-refractivity contribution < 1.29 is 23.4 Å². The number of aromatic nitrogens is 3. The summed E-state index contributed by atoms with van der Waals surface area (Å²) in [4.78, 5) is 12.9. The monoisotopic (exact) mass is 416 g/mol. The molecule has 1 saturated carbocycles. The molecule has 9 nitrogen and oxygen atoms in total. The Morgan fingerprint density at radius 3 is 2.38 bits per heavy atom. The first-order valence-corrected chi connectivity index (χ1v) is 10.2. The number of pyridine rings is 1. The molecular formula is C19H20N4O5S. The molecule has 3 N–H and O–H groups in total. The van der Waals surface area contributed by atoms with E-state index in [2.05, 4.69) is 14.8 Å². The molecule has 1 aromatic carbocycles. The van der Waals surface area contributed by atoms with Crippen LogP contribution in [0.5, 0.6) is 0 Å². The van der Waals surface area contributed by atoms with E-state index in [1.54, 1.807) is 23.0 Å². The van der Waals surface area contributed by atoms with Crippen LogP contribution in [-0.4, -0.2) is 45.6 Å². The second-order valence-electron chi connectivity index (χ2n) is 6.58. The Labute approximate surface area is 167 Å². The maximum Gasteiger partial charge on any atom is 0.503 e. The van der Waals surface area contributed by atoms with Crippen molar-refractivity contribution in [3.8, 4) is 5.82 Å². The van der Waals surface area contributed by atoms with Crippen molar-refractivity contribution in [1.82, 2.24) is 19.5 Å². The highest BCUT2D eigenvalue weighted by Crippen LogP contribution is 2.41. The number of aryl methyl sites for hydroxylation is 1. The Bertz CT molecular complexity index is 1080. The average molecular weight is 416 g/mol. The van der Waals surface area contributed by atoms with E-state index in [9.17, 15) is 8.42 Å². The first-order valence-electron chi connectivity index (χ1n) is 8.73. The molecule has 152 valence electrons. The van der Waals surface area contributed by atoms with Crippen LogP contribution in [0.25, 0.3) is 5.82 Å². The summed E-state index contributed by atoms with van der Waals surface area (Å²) in [6.07, 6.45) is 3.92. The largest absolute Gasteiger partial charge is 0.503 e. The standard InChI is InChI=1S/C18H18N4O2S.CH2O3/c1-13-10-20-22(12-13)18-8-7-15(11-19-18)25(23,24)21-17-9-16(17)14-5-3-2-4-6-14;2-1(3)4/h2-8,10-12,16-17,21H,9H2,1H3;(H2,2,3,4)/t16-,17+;/m1./s1. The lowest BCUT2D eigenvalue weighted by Crippen LogP contribution is -2.27. The molecule has 0 amide bonds. The van der Waals surface area contributed by atoms with Crippen molar-refractivity contribution in [3.05, 3.63) is 72.2 Å². The van der Waals surface area contributed by atoms with Gasteiger partial charge in [0.2, 0.25) is 10.0 Å². The van der Waals surface area contributed by atoms with Crippen LogP contribution in [0.4, 0.5) is 4.79 Å². The zero-order chi connectivity index (χ0) is 21.0. The van der Waals surface area contributed by atoms with Crippen LogP contribution in [-0.2, 0) is 10.0 Å². The van der Waals surface area contributed by atoms with E-state index < -0.39 is 16.2 Å². The van der Waals surface area contributed by atoms with E-state index in [1.165, 1.54) is 6.20 Å². The summed E-state index contributed by atoms with van der Waals surface area (Å²) >= 11 is 0. The third kappa shape index (κ3) is 5.39. The van der Waals surface area contributed by atoms with E-state index in [1.807, 2.05) is 43.5 Å². The van der Waals surface area contributed by atoms with Crippen LogP contribution in [0.3, 0.4) is 0 Å². The topological polar surface area (TPSA) is 134 Å². The molecule has 0 saturated heterocycles. The fraction of sp³-hybridized carbons (Fsp3) is 0.211. The molecule has 0 unspecified atom stereocenters. The molecule has 4 rings (SSSR count). The fourth-order valence-corrected chi connectivity index (χ4v) is 4.10. The number of carbonyl (C=O) groups is 1. The zero-order valence-electron chi connectivity index (χ0n) is 15.5. The van der Waals surface area contributed by atoms with Gasteiger partial charge in [-0.25, -0.2) is 27.6 Å². The highest BCUT2D eigenvalue weighted by molar-refractivity contribution is 7.89. The third-order valence-corrected chi connectivity index (χ3v) is 5.78. The number of hydrogen-bond acceptors (Lipinski definition) is 5. The van der Waals surface area contributed by atoms with Gasteiger partial charge < -0.3 is 10.2 Å². The van der Waals surface area contributed by atoms with E-state index in [4.69, 9.17) is 15.0 Å². The number of carboxylic acid groups (broad SMARTS) is 2. The van der Waals surface area contributed by atoms with Crippen molar-refractivity contribution in [1.29, 1.82) is 0 Å². The molecule has 1 fully saturated rings. The number of nitrogens with one attached hydrogen (secondary N) is 1. The highest BCUT2D eigenvalue weighted by atomic mass is 32.2. The number of sulfonamides is 1. The van der Waals surface area contributed by atoms with Crippen molar-refractivity contribution in [3.63, 3.8) is 0 Å². The molecule has 3 aromatic rings. The van der Waals surface area contributed by atoms with Gasteiger partial charge in [0.1, 0.15) is 4.90 Å². The van der Waals surface area contributed by atoms with Crippen molar-refractivity contribution in [2.75, 3.05) is 0 Å². The maximum atomic E-state index is 12.5. The van der Waals surface area contributed by atoms with Gasteiger partial charge in [-0.1, -0.05) is 30.3 Å². The van der Waals surface area contributed by atoms with Crippen molar-refractivity contribution >= 4 is 16.2 Å². The molecule has 2 atom stereocenters. The van der Waals surface area contributed by atoms with Crippen LogP contribution < -0.4 is 4.72 Å². The molecule has 0 radical (unpaired) electrons. The Balaban J connectivity index is 0.000000552. The zero-order valence-corrected chi connectivity index (χ0v) is 16.3. The molecule has 2 heterocycles. The number of rotatable bonds is 5. The van der Waals surface area contributed by atoms with Gasteiger partial charge in [-0.3, -0.25) is 0 Å². The fourth-order valence-electron chi connectivity index (χ4n) is 2.87. The lowest BCUT2D eigenvalue weighted by molar-refractivity contribution is 0.137. The predicted octanol–water partition coefficient (Wildman–Crippen LogP) is 2.63. The summed E-state index contributed by atoms with van der Waals surface area (Å²) < 4.78 is 29.5. The second kappa shape index (κ2) is 8.41. The Morgan fingerprint density at radius 1 is 1.14 bits per heavy atom. The summed E-state index contributed by atoms with van der Waals surface area (Å²) in [7, 11) is -3.57. The molecule has 1 aliphatic carbocycles. The second-order valence-corrected chi connectivity index (χ2v) is 8.29. The smallest absolute Gasteiger partial charge is 0.450 e. The minimum atomic E-state index is -3.57. The van der Waals surface area contributed by atoms with Gasteiger partial charge in [0.15, 0.2) is 5.82 Å². The molecule has 2 aromatic heterocycles. The first kappa shape index (κ1) is 20.5. The minimum Gasteiger partial charge on any atom is -0.450 e. The maximum absolute atomic E-state index is 12.5. The Kier molecular flexibility index (Phi) is 5.95. The molecule has 1 aliphatic rings. The summed E-state index contributed by atoms with van der Waals surface area (Å²) in [5.41, 5.74) is 2.18. The number of hydrogen-bond donors (Lipinski definition) is 3. The van der Waals surface area contributed by atoms with Gasteiger partial charge in [-0.05, 0) is 36.6 Å². The van der Waals surface area contributed by atoms with E-state index in [-0.39, 0.29) is 16.9 Å². The van der Waals surface area contributed by atoms with Gasteiger partial charge in [0.25, 0.3) is 0 Å². The lowest BCUT2D eigenvalue weighted by atomic mass is 10.1. The average Bonchev–Trinajstić information content (AvgIpc) is 3.29. The third-order valence-electron chi connectivity index (χ3n) is 4.30. The van der Waals surface area contributed by atoms with Crippen LogP contribution in [0.2, 0.25) is 0 Å². The summed E-state index contributed by atoms with van der Waals surface area (Å²) in [6, 6.07) is 13.1. The highest BCUT2D eigenvalue weighted by Gasteiger charge is 2.41. The Hall–Kier alpha value is -3.24. The molecule has 0 spiro atoms. The molecular weight excluding hydrogens is 396 g/mol. The van der Waals surface area contributed by atoms with Crippen LogP contribution in [0, 0.1) is 6.92 Å². The van der Waals surface area contributed by atoms with Gasteiger partial charge in [0, 0.05) is 24.4 Å². The van der Waals surface area contributed by atoms with Crippen molar-refractivity contribution in [2.45, 2.75) is 30.2 Å². The first-order chi connectivity index (χ1) is 13.8. The lowest BCUT2D eigenvalue weighted by Gasteiger charge is -2.07. The number of benzene rings is 1. The minimum absolute atomic E-state index is 0.0548.